The van der Waals surface area contributed by atoms with Crippen molar-refractivity contribution in [2.45, 2.75) is 25.6 Å². The second-order valence-electron chi connectivity index (χ2n) is 8.46. The van der Waals surface area contributed by atoms with Crippen molar-refractivity contribution < 1.29 is 24.2 Å². The number of hydrogen-bond acceptors (Lipinski definition) is 6. The normalized spacial score (nSPS) is 12.1. The maximum Gasteiger partial charge on any atom is 0.348 e. The molecule has 7 nitrogen and oxygen atoms in total. The fourth-order valence-electron chi connectivity index (χ4n) is 4.17. The van der Waals surface area contributed by atoms with E-state index >= 15 is 0 Å². The summed E-state index contributed by atoms with van der Waals surface area (Å²) in [6.45, 7) is 3.09. The van der Waals surface area contributed by atoms with Crippen LogP contribution in [0.1, 0.15) is 32.9 Å². The van der Waals surface area contributed by atoms with Crippen LogP contribution in [0.15, 0.2) is 91.0 Å². The van der Waals surface area contributed by atoms with Gasteiger partial charge in [-0.2, -0.15) is 0 Å². The van der Waals surface area contributed by atoms with Gasteiger partial charge in [0.25, 0.3) is 0 Å². The van der Waals surface area contributed by atoms with Gasteiger partial charge in [0.05, 0.1) is 0 Å². The first-order chi connectivity index (χ1) is 17.8. The molecular weight excluding hydrogens is 492 g/mol. The van der Waals surface area contributed by atoms with Crippen molar-refractivity contribution >= 4 is 23.4 Å². The molecule has 8 heteroatoms. The summed E-state index contributed by atoms with van der Waals surface area (Å²) < 4.78 is 12.3. The molecule has 0 aliphatic carbocycles. The van der Waals surface area contributed by atoms with E-state index in [9.17, 15) is 14.7 Å². The van der Waals surface area contributed by atoms with Crippen LogP contribution in [0.4, 0.5) is 0 Å². The molecule has 0 aliphatic heterocycles. The number of nitrogens with zero attached hydrogens (tertiary/aromatic N) is 2. The number of ether oxygens (including phenoxy) is 2. The SMILES string of the molecule is Cc1cc(C)nc(OC(C(=O)O)C(OCC(=O)c2cccc(Cl)c2)(c2ccccc2)c2ccccc2)n1. The van der Waals surface area contributed by atoms with Crippen molar-refractivity contribution in [2.75, 3.05) is 6.61 Å². The third kappa shape index (κ3) is 5.85. The second-order valence-corrected chi connectivity index (χ2v) is 8.90. The summed E-state index contributed by atoms with van der Waals surface area (Å²) in [5.41, 5.74) is 0.813. The van der Waals surface area contributed by atoms with E-state index in [2.05, 4.69) is 9.97 Å². The van der Waals surface area contributed by atoms with E-state index in [1.165, 1.54) is 6.07 Å². The molecule has 4 rings (SSSR count). The lowest BCUT2D eigenvalue weighted by Gasteiger charge is -2.38. The molecule has 0 saturated carbocycles. The van der Waals surface area contributed by atoms with Crippen LogP contribution in [-0.2, 0) is 15.1 Å². The molecule has 0 radical (unpaired) electrons. The lowest BCUT2D eigenvalue weighted by atomic mass is 9.81. The Morgan fingerprint density at radius 2 is 1.43 bits per heavy atom. The third-order valence-electron chi connectivity index (χ3n) is 5.76. The Morgan fingerprint density at radius 3 is 1.95 bits per heavy atom. The number of aliphatic carboxylic acids is 1. The molecule has 188 valence electrons. The predicted octanol–water partition coefficient (Wildman–Crippen LogP) is 5.42. The summed E-state index contributed by atoms with van der Waals surface area (Å²) in [6.07, 6.45) is -1.65. The average Bonchev–Trinajstić information content (AvgIpc) is 2.88. The number of rotatable bonds is 10. The van der Waals surface area contributed by atoms with Gasteiger partial charge in [-0.15, -0.1) is 0 Å². The van der Waals surface area contributed by atoms with Gasteiger partial charge in [-0.05, 0) is 43.2 Å². The zero-order valence-electron chi connectivity index (χ0n) is 20.3. The van der Waals surface area contributed by atoms with E-state index in [0.29, 0.717) is 33.1 Å². The summed E-state index contributed by atoms with van der Waals surface area (Å²) in [5, 5.41) is 10.9. The van der Waals surface area contributed by atoms with Gasteiger partial charge in [-0.25, -0.2) is 14.8 Å². The molecular formula is C29H25ClN2O5. The number of halogens is 1. The fourth-order valence-corrected chi connectivity index (χ4v) is 4.36. The van der Waals surface area contributed by atoms with Crippen molar-refractivity contribution in [3.63, 3.8) is 0 Å². The minimum absolute atomic E-state index is 0.106. The van der Waals surface area contributed by atoms with Gasteiger partial charge in [0.1, 0.15) is 6.61 Å². The molecule has 3 aromatic carbocycles. The van der Waals surface area contributed by atoms with E-state index in [-0.39, 0.29) is 11.8 Å². The first kappa shape index (κ1) is 26.0. The second kappa shape index (κ2) is 11.3. The number of aryl methyl sites for hydroxylation is 2. The van der Waals surface area contributed by atoms with Crippen molar-refractivity contribution in [3.05, 3.63) is 124 Å². The van der Waals surface area contributed by atoms with Crippen LogP contribution in [-0.4, -0.2) is 39.5 Å². The van der Waals surface area contributed by atoms with Gasteiger partial charge in [0.15, 0.2) is 11.4 Å². The van der Waals surface area contributed by atoms with E-state index in [1.54, 1.807) is 98.8 Å². The number of benzene rings is 3. The van der Waals surface area contributed by atoms with E-state index < -0.39 is 24.3 Å². The Morgan fingerprint density at radius 1 is 0.865 bits per heavy atom. The number of carboxylic acids is 1. The molecule has 0 aliphatic rings. The number of carbonyl (C=O) groups is 2. The number of hydrogen-bond donors (Lipinski definition) is 1. The first-order valence-corrected chi connectivity index (χ1v) is 11.9. The topological polar surface area (TPSA) is 98.6 Å². The highest BCUT2D eigenvalue weighted by Gasteiger charge is 2.50. The number of carboxylic acid groups (broad SMARTS) is 1. The molecule has 1 atom stereocenters. The highest BCUT2D eigenvalue weighted by molar-refractivity contribution is 6.31. The zero-order valence-corrected chi connectivity index (χ0v) is 21.1. The van der Waals surface area contributed by atoms with Gasteiger partial charge in [-0.1, -0.05) is 84.4 Å². The lowest BCUT2D eigenvalue weighted by Crippen LogP contribution is -2.52. The molecule has 1 heterocycles. The van der Waals surface area contributed by atoms with Crippen LogP contribution in [0.5, 0.6) is 6.01 Å². The Hall–Kier alpha value is -4.07. The Balaban J connectivity index is 1.86. The van der Waals surface area contributed by atoms with Crippen molar-refractivity contribution in [3.8, 4) is 6.01 Å². The van der Waals surface area contributed by atoms with Crippen LogP contribution in [0, 0.1) is 13.8 Å². The summed E-state index contributed by atoms with van der Waals surface area (Å²) in [4.78, 5) is 34.6. The summed E-state index contributed by atoms with van der Waals surface area (Å²) in [7, 11) is 0. The van der Waals surface area contributed by atoms with Crippen molar-refractivity contribution in [1.29, 1.82) is 0 Å². The quantitative estimate of drug-likeness (QED) is 0.281. The molecule has 4 aromatic rings. The molecule has 1 unspecified atom stereocenters. The van der Waals surface area contributed by atoms with Crippen molar-refractivity contribution in [1.82, 2.24) is 9.97 Å². The number of aromatic nitrogens is 2. The first-order valence-electron chi connectivity index (χ1n) is 11.5. The molecule has 1 N–H and O–H groups in total. The molecule has 1 aromatic heterocycles. The average molecular weight is 517 g/mol. The molecule has 0 amide bonds. The highest BCUT2D eigenvalue weighted by Crippen LogP contribution is 2.39. The van der Waals surface area contributed by atoms with Crippen LogP contribution < -0.4 is 4.74 Å². The Kier molecular flexibility index (Phi) is 7.96. The molecule has 0 fully saturated rings. The number of carbonyl (C=O) groups excluding carboxylic acids is 1. The Bertz CT molecular complexity index is 1340. The third-order valence-corrected chi connectivity index (χ3v) is 6.00. The maximum absolute atomic E-state index is 13.1. The minimum Gasteiger partial charge on any atom is -0.478 e. The molecule has 0 spiro atoms. The fraction of sp³-hybridized carbons (Fsp3) is 0.172. The number of ketones is 1. The van der Waals surface area contributed by atoms with Gasteiger partial charge in [0.2, 0.25) is 6.10 Å². The molecule has 37 heavy (non-hydrogen) atoms. The summed E-state index contributed by atoms with van der Waals surface area (Å²) in [5.74, 6) is -1.68. The largest absolute Gasteiger partial charge is 0.478 e. The Labute approximate surface area is 219 Å². The smallest absolute Gasteiger partial charge is 0.348 e. The molecule has 0 saturated heterocycles. The maximum atomic E-state index is 13.1. The highest BCUT2D eigenvalue weighted by atomic mass is 35.5. The van der Waals surface area contributed by atoms with E-state index in [1.807, 2.05) is 0 Å². The van der Waals surface area contributed by atoms with Crippen LogP contribution in [0.3, 0.4) is 0 Å². The monoisotopic (exact) mass is 516 g/mol. The number of Topliss-reactive ketones (excluding diaryl/α,β-unsaturated/α-hetero) is 1. The van der Waals surface area contributed by atoms with Gasteiger partial charge < -0.3 is 14.6 Å². The van der Waals surface area contributed by atoms with Gasteiger partial charge in [0, 0.05) is 22.0 Å². The predicted molar refractivity (Wildman–Crippen MR) is 139 cm³/mol. The standard InChI is InChI=1S/C29H25ClN2O5/c1-19-16-20(2)32-28(31-19)37-26(27(34)35)29(22-11-5-3-6-12-22,23-13-7-4-8-14-23)36-18-25(33)21-10-9-15-24(30)17-21/h3-17,26H,18H2,1-2H3,(H,34,35). The van der Waals surface area contributed by atoms with Gasteiger partial charge in [-0.3, -0.25) is 4.79 Å². The summed E-state index contributed by atoms with van der Waals surface area (Å²) in [6, 6.07) is 25.7. The van der Waals surface area contributed by atoms with Crippen LogP contribution in [0.2, 0.25) is 5.02 Å². The van der Waals surface area contributed by atoms with Crippen LogP contribution >= 0.6 is 11.6 Å². The van der Waals surface area contributed by atoms with Crippen molar-refractivity contribution in [2.24, 2.45) is 0 Å². The zero-order chi connectivity index (χ0) is 26.4. The van der Waals surface area contributed by atoms with Crippen LogP contribution in [0.25, 0.3) is 0 Å². The summed E-state index contributed by atoms with van der Waals surface area (Å²) >= 11 is 6.07. The molecule has 0 bridgehead atoms. The minimum atomic E-state index is -1.73. The van der Waals surface area contributed by atoms with E-state index in [0.717, 1.165) is 0 Å². The van der Waals surface area contributed by atoms with E-state index in [4.69, 9.17) is 21.1 Å². The lowest BCUT2D eigenvalue weighted by molar-refractivity contribution is -0.162. The van der Waals surface area contributed by atoms with Gasteiger partial charge >= 0.3 is 12.0 Å².